The van der Waals surface area contributed by atoms with Gasteiger partial charge in [0, 0.05) is 19.5 Å². The van der Waals surface area contributed by atoms with Crippen LogP contribution in [0.2, 0.25) is 0 Å². The van der Waals surface area contributed by atoms with Gasteiger partial charge in [0.25, 0.3) is 0 Å². The number of likely N-dealkylation sites (tertiary alicyclic amines) is 1. The Balaban J connectivity index is 2.47. The molecule has 2 nitrogen and oxygen atoms in total. The molecule has 1 rings (SSSR count). The first-order valence-corrected chi connectivity index (χ1v) is 4.62. The summed E-state index contributed by atoms with van der Waals surface area (Å²) in [7, 11) is 0. The van der Waals surface area contributed by atoms with Crippen LogP contribution in [0.25, 0.3) is 0 Å². The molecule has 0 saturated carbocycles. The zero-order valence-corrected chi connectivity index (χ0v) is 7.81. The van der Waals surface area contributed by atoms with Crippen LogP contribution in [0.4, 0.5) is 0 Å². The summed E-state index contributed by atoms with van der Waals surface area (Å²) < 4.78 is 0. The Hall–Kier alpha value is -0.790. The molecule has 1 aliphatic heterocycles. The van der Waals surface area contributed by atoms with E-state index in [0.29, 0.717) is 5.91 Å². The summed E-state index contributed by atoms with van der Waals surface area (Å²) >= 11 is 0. The van der Waals surface area contributed by atoms with Gasteiger partial charge in [0.2, 0.25) is 5.91 Å². The van der Waals surface area contributed by atoms with Gasteiger partial charge in [-0.25, -0.2) is 0 Å². The van der Waals surface area contributed by atoms with Gasteiger partial charge in [-0.3, -0.25) is 4.79 Å². The second-order valence-electron chi connectivity index (χ2n) is 3.58. The predicted octanol–water partition coefficient (Wildman–Crippen LogP) is 1.97. The fourth-order valence-electron chi connectivity index (χ4n) is 1.53. The topological polar surface area (TPSA) is 20.3 Å². The molecular formula is C10H17NO. The van der Waals surface area contributed by atoms with Gasteiger partial charge in [-0.2, -0.15) is 0 Å². The largest absolute Gasteiger partial charge is 0.339 e. The molecule has 0 aromatic rings. The highest BCUT2D eigenvalue weighted by Gasteiger charge is 2.15. The molecule has 0 atom stereocenters. The highest BCUT2D eigenvalue weighted by molar-refractivity contribution is 5.76. The molecule has 1 aliphatic rings. The average molecular weight is 167 g/mol. The van der Waals surface area contributed by atoms with Gasteiger partial charge in [-0.05, 0) is 19.8 Å². The van der Waals surface area contributed by atoms with Crippen LogP contribution in [0.5, 0.6) is 0 Å². The van der Waals surface area contributed by atoms with Crippen molar-refractivity contribution >= 4 is 5.91 Å². The molecule has 1 saturated heterocycles. The van der Waals surface area contributed by atoms with E-state index in [4.69, 9.17) is 0 Å². The predicted molar refractivity (Wildman–Crippen MR) is 49.9 cm³/mol. The lowest BCUT2D eigenvalue weighted by molar-refractivity contribution is -0.130. The Morgan fingerprint density at radius 3 is 2.92 bits per heavy atom. The third kappa shape index (κ3) is 2.68. The number of amides is 1. The van der Waals surface area contributed by atoms with E-state index < -0.39 is 0 Å². The Labute approximate surface area is 74.2 Å². The Morgan fingerprint density at radius 1 is 1.50 bits per heavy atom. The van der Waals surface area contributed by atoms with E-state index in [1.807, 2.05) is 11.8 Å². The molecule has 1 heterocycles. The number of rotatable bonds is 2. The van der Waals surface area contributed by atoms with Crippen molar-refractivity contribution < 1.29 is 4.79 Å². The van der Waals surface area contributed by atoms with Crippen molar-refractivity contribution in [3.8, 4) is 0 Å². The molecule has 0 radical (unpaired) electrons. The second kappa shape index (κ2) is 4.29. The summed E-state index contributed by atoms with van der Waals surface area (Å²) in [5, 5.41) is 0. The molecule has 0 aliphatic carbocycles. The average Bonchev–Trinajstić information content (AvgIpc) is 2.16. The van der Waals surface area contributed by atoms with E-state index in [2.05, 4.69) is 6.58 Å². The lowest BCUT2D eigenvalue weighted by Crippen LogP contribution is -2.31. The van der Waals surface area contributed by atoms with E-state index >= 15 is 0 Å². The van der Waals surface area contributed by atoms with Gasteiger partial charge in [0.05, 0.1) is 0 Å². The summed E-state index contributed by atoms with van der Waals surface area (Å²) in [6, 6.07) is 0. The summed E-state index contributed by atoms with van der Waals surface area (Å²) in [5.41, 5.74) is 1.07. The van der Waals surface area contributed by atoms with Crippen LogP contribution in [-0.4, -0.2) is 23.9 Å². The summed E-state index contributed by atoms with van der Waals surface area (Å²) in [6.07, 6.45) is 4.14. The molecule has 1 amide bonds. The van der Waals surface area contributed by atoms with E-state index in [-0.39, 0.29) is 0 Å². The van der Waals surface area contributed by atoms with E-state index in [1.165, 1.54) is 6.42 Å². The third-order valence-electron chi connectivity index (χ3n) is 2.13. The molecule has 0 bridgehead atoms. The smallest absolute Gasteiger partial charge is 0.222 e. The minimum absolute atomic E-state index is 0.301. The zero-order chi connectivity index (χ0) is 8.97. The molecule has 0 aromatic carbocycles. The standard InChI is InChI=1S/C10H17NO/c1-9(2)8-11-7-5-3-4-6-10(11)12/h1,3-8H2,2H3. The first-order chi connectivity index (χ1) is 5.70. The lowest BCUT2D eigenvalue weighted by Gasteiger charge is -2.20. The molecule has 12 heavy (non-hydrogen) atoms. The molecule has 1 fully saturated rings. The zero-order valence-electron chi connectivity index (χ0n) is 7.81. The van der Waals surface area contributed by atoms with E-state index in [1.54, 1.807) is 0 Å². The van der Waals surface area contributed by atoms with Gasteiger partial charge >= 0.3 is 0 Å². The van der Waals surface area contributed by atoms with Crippen LogP contribution in [-0.2, 0) is 4.79 Å². The molecule has 2 heteroatoms. The van der Waals surface area contributed by atoms with Crippen molar-refractivity contribution in [2.75, 3.05) is 13.1 Å². The van der Waals surface area contributed by atoms with Crippen molar-refractivity contribution in [2.45, 2.75) is 32.6 Å². The molecule has 0 N–H and O–H groups in total. The van der Waals surface area contributed by atoms with Crippen molar-refractivity contribution in [1.82, 2.24) is 4.90 Å². The van der Waals surface area contributed by atoms with Gasteiger partial charge in [-0.15, -0.1) is 0 Å². The van der Waals surface area contributed by atoms with Gasteiger partial charge < -0.3 is 4.90 Å². The minimum atomic E-state index is 0.301. The molecule has 0 spiro atoms. The number of hydrogen-bond donors (Lipinski definition) is 0. The molecule has 68 valence electrons. The summed E-state index contributed by atoms with van der Waals surface area (Å²) in [5.74, 6) is 0.301. The lowest BCUT2D eigenvalue weighted by atomic mass is 10.2. The van der Waals surface area contributed by atoms with E-state index in [9.17, 15) is 4.79 Å². The fraction of sp³-hybridized carbons (Fsp3) is 0.700. The number of hydrogen-bond acceptors (Lipinski definition) is 1. The number of carbonyl (C=O) groups is 1. The maximum absolute atomic E-state index is 11.4. The van der Waals surface area contributed by atoms with Crippen LogP contribution in [0.15, 0.2) is 12.2 Å². The summed E-state index contributed by atoms with van der Waals surface area (Å²) in [4.78, 5) is 13.4. The van der Waals surface area contributed by atoms with Crippen molar-refractivity contribution in [3.63, 3.8) is 0 Å². The summed E-state index contributed by atoms with van der Waals surface area (Å²) in [6.45, 7) is 7.46. The maximum Gasteiger partial charge on any atom is 0.222 e. The van der Waals surface area contributed by atoms with Gasteiger partial charge in [0.1, 0.15) is 0 Å². The van der Waals surface area contributed by atoms with Crippen LogP contribution in [0, 0.1) is 0 Å². The van der Waals surface area contributed by atoms with Crippen LogP contribution < -0.4 is 0 Å². The third-order valence-corrected chi connectivity index (χ3v) is 2.13. The monoisotopic (exact) mass is 167 g/mol. The SMILES string of the molecule is C=C(C)CN1CCCCCC1=O. The molecule has 0 unspecified atom stereocenters. The van der Waals surface area contributed by atoms with Crippen LogP contribution in [0.3, 0.4) is 0 Å². The second-order valence-corrected chi connectivity index (χ2v) is 3.58. The normalized spacial score (nSPS) is 19.1. The highest BCUT2D eigenvalue weighted by Crippen LogP contribution is 2.11. The van der Waals surface area contributed by atoms with E-state index in [0.717, 1.165) is 37.9 Å². The molecule has 0 aromatic heterocycles. The van der Waals surface area contributed by atoms with Crippen LogP contribution in [0.1, 0.15) is 32.6 Å². The first kappa shape index (κ1) is 9.30. The maximum atomic E-state index is 11.4. The first-order valence-electron chi connectivity index (χ1n) is 4.62. The fourth-order valence-corrected chi connectivity index (χ4v) is 1.53. The van der Waals surface area contributed by atoms with Gasteiger partial charge in [-0.1, -0.05) is 18.6 Å². The van der Waals surface area contributed by atoms with Gasteiger partial charge in [0.15, 0.2) is 0 Å². The quantitative estimate of drug-likeness (QED) is 0.576. The Bertz CT molecular complexity index is 186. The Morgan fingerprint density at radius 2 is 2.25 bits per heavy atom. The Kier molecular flexibility index (Phi) is 3.32. The van der Waals surface area contributed by atoms with Crippen molar-refractivity contribution in [3.05, 3.63) is 12.2 Å². The minimum Gasteiger partial charge on any atom is -0.339 e. The van der Waals surface area contributed by atoms with Crippen LogP contribution >= 0.6 is 0 Å². The number of carbonyl (C=O) groups excluding carboxylic acids is 1. The highest BCUT2D eigenvalue weighted by atomic mass is 16.2. The molecular weight excluding hydrogens is 150 g/mol. The van der Waals surface area contributed by atoms with Crippen molar-refractivity contribution in [2.24, 2.45) is 0 Å². The van der Waals surface area contributed by atoms with Crippen molar-refractivity contribution in [1.29, 1.82) is 0 Å². The number of nitrogens with zero attached hydrogens (tertiary/aromatic N) is 1.